The number of nitrogens with zero attached hydrogens (tertiary/aromatic N) is 2. The van der Waals surface area contributed by atoms with Crippen LogP contribution < -0.4 is 14.2 Å². The van der Waals surface area contributed by atoms with E-state index in [4.69, 9.17) is 14.2 Å². The van der Waals surface area contributed by atoms with Gasteiger partial charge in [0.2, 0.25) is 21.7 Å². The number of hydrogen-bond acceptors (Lipinski definition) is 6. The van der Waals surface area contributed by atoms with Crippen molar-refractivity contribution >= 4 is 31.9 Å². The van der Waals surface area contributed by atoms with Crippen LogP contribution in [-0.2, 0) is 27.9 Å². The lowest BCUT2D eigenvalue weighted by atomic mass is 10.1. The Labute approximate surface area is 220 Å². The number of sulfonamides is 1. The quantitative estimate of drug-likeness (QED) is 0.338. The fraction of sp³-hybridized carbons (Fsp3) is 0.269. The summed E-state index contributed by atoms with van der Waals surface area (Å²) in [6.07, 6.45) is 0. The van der Waals surface area contributed by atoms with Gasteiger partial charge >= 0.3 is 0 Å². The zero-order valence-electron chi connectivity index (χ0n) is 20.6. The van der Waals surface area contributed by atoms with E-state index in [9.17, 15) is 13.2 Å². The van der Waals surface area contributed by atoms with E-state index in [0.29, 0.717) is 17.2 Å². The highest BCUT2D eigenvalue weighted by Gasteiger charge is 2.28. The second-order valence-electron chi connectivity index (χ2n) is 8.00. The number of carbonyl (C=O) groups is 1. The Kier molecular flexibility index (Phi) is 9.36. The van der Waals surface area contributed by atoms with E-state index in [-0.39, 0.29) is 30.4 Å². The summed E-state index contributed by atoms with van der Waals surface area (Å²) in [5.41, 5.74) is 1.52. The normalized spacial score (nSPS) is 11.3. The standard InChI is InChI=1S/C26H29BrN2O6S/c1-28(16-20-14-23(33-2)26(35-4)24(15-20)34-3)25(30)18-29(17-19-8-6-5-7-9-19)36(31,32)22-12-10-21(27)11-13-22/h5-15H,16-18H2,1-4H3. The van der Waals surface area contributed by atoms with Crippen molar-refractivity contribution in [1.29, 1.82) is 0 Å². The molecule has 0 aliphatic carbocycles. The largest absolute Gasteiger partial charge is 0.493 e. The molecule has 8 nitrogen and oxygen atoms in total. The third-order valence-corrected chi connectivity index (χ3v) is 7.87. The molecule has 0 heterocycles. The van der Waals surface area contributed by atoms with E-state index in [0.717, 1.165) is 15.6 Å². The smallest absolute Gasteiger partial charge is 0.243 e. The van der Waals surface area contributed by atoms with Gasteiger partial charge in [-0.2, -0.15) is 4.31 Å². The molecule has 1 amide bonds. The van der Waals surface area contributed by atoms with Crippen LogP contribution in [-0.4, -0.2) is 58.5 Å². The van der Waals surface area contributed by atoms with Crippen LogP contribution >= 0.6 is 15.9 Å². The Morgan fingerprint density at radius 1 is 0.833 bits per heavy atom. The van der Waals surface area contributed by atoms with Gasteiger partial charge in [0.25, 0.3) is 0 Å². The maximum Gasteiger partial charge on any atom is 0.243 e. The summed E-state index contributed by atoms with van der Waals surface area (Å²) in [5, 5.41) is 0. The van der Waals surface area contributed by atoms with E-state index in [1.54, 1.807) is 31.3 Å². The van der Waals surface area contributed by atoms with Gasteiger partial charge in [-0.05, 0) is 47.5 Å². The Bertz CT molecular complexity index is 1260. The highest BCUT2D eigenvalue weighted by molar-refractivity contribution is 9.10. The predicted molar refractivity (Wildman–Crippen MR) is 141 cm³/mol. The topological polar surface area (TPSA) is 85.4 Å². The third-order valence-electron chi connectivity index (χ3n) is 5.53. The monoisotopic (exact) mass is 576 g/mol. The van der Waals surface area contributed by atoms with Crippen molar-refractivity contribution in [2.45, 2.75) is 18.0 Å². The molecule has 10 heteroatoms. The summed E-state index contributed by atoms with van der Waals surface area (Å²) in [7, 11) is 2.24. The molecule has 0 aliphatic heterocycles. The fourth-order valence-electron chi connectivity index (χ4n) is 3.63. The van der Waals surface area contributed by atoms with Crippen molar-refractivity contribution < 1.29 is 27.4 Å². The minimum Gasteiger partial charge on any atom is -0.493 e. The summed E-state index contributed by atoms with van der Waals surface area (Å²) >= 11 is 3.33. The number of carbonyl (C=O) groups excluding carboxylic acids is 1. The summed E-state index contributed by atoms with van der Waals surface area (Å²) in [5.74, 6) is 1.03. The molecule has 3 aromatic rings. The van der Waals surface area contributed by atoms with E-state index in [2.05, 4.69) is 15.9 Å². The van der Waals surface area contributed by atoms with Crippen molar-refractivity contribution in [3.8, 4) is 17.2 Å². The lowest BCUT2D eigenvalue weighted by molar-refractivity contribution is -0.130. The molecular formula is C26H29BrN2O6S. The zero-order chi connectivity index (χ0) is 26.3. The summed E-state index contributed by atoms with van der Waals surface area (Å²) < 4.78 is 45.1. The van der Waals surface area contributed by atoms with Gasteiger partial charge in [-0.25, -0.2) is 8.42 Å². The van der Waals surface area contributed by atoms with Crippen molar-refractivity contribution in [2.24, 2.45) is 0 Å². The number of amides is 1. The Hall–Kier alpha value is -3.08. The molecule has 0 unspecified atom stereocenters. The molecule has 0 N–H and O–H groups in total. The van der Waals surface area contributed by atoms with Crippen LogP contribution in [0.25, 0.3) is 0 Å². The van der Waals surface area contributed by atoms with E-state index in [1.165, 1.54) is 42.7 Å². The maximum absolute atomic E-state index is 13.5. The number of hydrogen-bond donors (Lipinski definition) is 0. The first-order valence-corrected chi connectivity index (χ1v) is 13.3. The zero-order valence-corrected chi connectivity index (χ0v) is 23.0. The average molecular weight is 577 g/mol. The van der Waals surface area contributed by atoms with Gasteiger partial charge < -0.3 is 19.1 Å². The highest BCUT2D eigenvalue weighted by Crippen LogP contribution is 2.38. The molecule has 0 radical (unpaired) electrons. The molecular weight excluding hydrogens is 548 g/mol. The maximum atomic E-state index is 13.5. The number of benzene rings is 3. The van der Waals surface area contributed by atoms with Gasteiger partial charge in [0.15, 0.2) is 11.5 Å². The number of ether oxygens (including phenoxy) is 3. The van der Waals surface area contributed by atoms with E-state index in [1.807, 2.05) is 30.3 Å². The number of rotatable bonds is 11. The molecule has 0 bridgehead atoms. The first-order valence-electron chi connectivity index (χ1n) is 11.0. The minimum absolute atomic E-state index is 0.0585. The molecule has 3 aromatic carbocycles. The van der Waals surface area contributed by atoms with Gasteiger partial charge in [-0.15, -0.1) is 0 Å². The molecule has 0 saturated heterocycles. The van der Waals surface area contributed by atoms with Crippen molar-refractivity contribution in [3.05, 3.63) is 82.3 Å². The van der Waals surface area contributed by atoms with E-state index < -0.39 is 10.0 Å². The van der Waals surface area contributed by atoms with Crippen molar-refractivity contribution in [3.63, 3.8) is 0 Å². The molecule has 0 spiro atoms. The third kappa shape index (κ3) is 6.57. The van der Waals surface area contributed by atoms with Gasteiger partial charge in [0.1, 0.15) is 0 Å². The van der Waals surface area contributed by atoms with Crippen molar-refractivity contribution in [1.82, 2.24) is 9.21 Å². The Morgan fingerprint density at radius 3 is 1.94 bits per heavy atom. The molecule has 0 saturated carbocycles. The van der Waals surface area contributed by atoms with Crippen LogP contribution in [0.4, 0.5) is 0 Å². The van der Waals surface area contributed by atoms with Crippen LogP contribution in [0.3, 0.4) is 0 Å². The number of methoxy groups -OCH3 is 3. The first-order chi connectivity index (χ1) is 17.2. The van der Waals surface area contributed by atoms with Crippen LogP contribution in [0.5, 0.6) is 17.2 Å². The molecule has 192 valence electrons. The average Bonchev–Trinajstić information content (AvgIpc) is 2.88. The van der Waals surface area contributed by atoms with Gasteiger partial charge in [0.05, 0.1) is 32.8 Å². The van der Waals surface area contributed by atoms with Crippen LogP contribution in [0, 0.1) is 0 Å². The van der Waals surface area contributed by atoms with Crippen LogP contribution in [0.15, 0.2) is 76.1 Å². The lowest BCUT2D eigenvalue weighted by Crippen LogP contribution is -2.40. The van der Waals surface area contributed by atoms with Gasteiger partial charge in [-0.3, -0.25) is 4.79 Å². The van der Waals surface area contributed by atoms with Crippen molar-refractivity contribution in [2.75, 3.05) is 34.9 Å². The second-order valence-corrected chi connectivity index (χ2v) is 10.8. The Morgan fingerprint density at radius 2 is 1.42 bits per heavy atom. The van der Waals surface area contributed by atoms with Crippen LogP contribution in [0.2, 0.25) is 0 Å². The van der Waals surface area contributed by atoms with Crippen LogP contribution in [0.1, 0.15) is 11.1 Å². The lowest BCUT2D eigenvalue weighted by Gasteiger charge is -2.25. The summed E-state index contributed by atoms with van der Waals surface area (Å²) in [4.78, 5) is 14.8. The molecule has 0 atom stereocenters. The van der Waals surface area contributed by atoms with Gasteiger partial charge in [0, 0.05) is 24.6 Å². The first kappa shape index (κ1) is 27.5. The Balaban J connectivity index is 1.85. The summed E-state index contributed by atoms with van der Waals surface area (Å²) in [6, 6.07) is 19.0. The predicted octanol–water partition coefficient (Wildman–Crippen LogP) is 4.32. The number of likely N-dealkylation sites (N-methyl/N-ethyl adjacent to an activating group) is 1. The number of halogens is 1. The SMILES string of the molecule is COc1cc(CN(C)C(=O)CN(Cc2ccccc2)S(=O)(=O)c2ccc(Br)cc2)cc(OC)c1OC. The molecule has 3 rings (SSSR count). The highest BCUT2D eigenvalue weighted by atomic mass is 79.9. The minimum atomic E-state index is -3.94. The second kappa shape index (κ2) is 12.2. The molecule has 36 heavy (non-hydrogen) atoms. The molecule has 0 aromatic heterocycles. The molecule has 0 fully saturated rings. The van der Waals surface area contributed by atoms with E-state index >= 15 is 0 Å². The fourth-order valence-corrected chi connectivity index (χ4v) is 5.27. The van der Waals surface area contributed by atoms with Gasteiger partial charge in [-0.1, -0.05) is 46.3 Å². The molecule has 0 aliphatic rings. The summed E-state index contributed by atoms with van der Waals surface area (Å²) in [6.45, 7) is -0.0513.